The zero-order valence-electron chi connectivity index (χ0n) is 18.7. The smallest absolute Gasteiger partial charge is 0.251 e. The van der Waals surface area contributed by atoms with Gasteiger partial charge in [0.2, 0.25) is 5.91 Å². The first kappa shape index (κ1) is 25.2. The third kappa shape index (κ3) is 6.40. The van der Waals surface area contributed by atoms with Gasteiger partial charge in [-0.05, 0) is 43.3 Å². The van der Waals surface area contributed by atoms with Crippen molar-refractivity contribution < 1.29 is 9.59 Å². The molecule has 0 aliphatic heterocycles. The molecule has 180 valence electrons. The largest absolute Gasteiger partial charge is 0.342 e. The zero-order valence-corrected chi connectivity index (χ0v) is 21.8. The topological polar surface area (TPSA) is 102 Å². The Hall–Kier alpha value is -2.92. The normalized spacial score (nSPS) is 11.8. The van der Waals surface area contributed by atoms with E-state index in [1.807, 2.05) is 24.4 Å². The molecule has 2 aromatic heterocycles. The average Bonchev–Trinajstić information content (AvgIpc) is 3.45. The van der Waals surface area contributed by atoms with E-state index in [-0.39, 0.29) is 23.6 Å². The highest BCUT2D eigenvalue weighted by molar-refractivity contribution is 7.99. The second-order valence-corrected chi connectivity index (χ2v) is 10.2. The van der Waals surface area contributed by atoms with E-state index < -0.39 is 0 Å². The molecule has 2 aromatic carbocycles. The molecular formula is C23H20Cl2N6O2S2. The predicted octanol–water partition coefficient (Wildman–Crippen LogP) is 5.47. The van der Waals surface area contributed by atoms with Crippen LogP contribution in [0.4, 0.5) is 5.13 Å². The van der Waals surface area contributed by atoms with Crippen LogP contribution in [0.3, 0.4) is 0 Å². The molecule has 2 amide bonds. The molecule has 0 unspecified atom stereocenters. The summed E-state index contributed by atoms with van der Waals surface area (Å²) in [6.45, 7) is 1.82. The van der Waals surface area contributed by atoms with Crippen LogP contribution in [0.5, 0.6) is 0 Å². The summed E-state index contributed by atoms with van der Waals surface area (Å²) in [5.74, 6) is 0.253. The molecule has 0 bridgehead atoms. The maximum atomic E-state index is 12.5. The number of amides is 2. The van der Waals surface area contributed by atoms with Crippen molar-refractivity contribution in [3.05, 3.63) is 75.3 Å². The number of carbonyl (C=O) groups is 2. The van der Waals surface area contributed by atoms with Crippen LogP contribution < -0.4 is 10.6 Å². The fourth-order valence-corrected chi connectivity index (χ4v) is 4.85. The van der Waals surface area contributed by atoms with Crippen molar-refractivity contribution in [1.82, 2.24) is 25.1 Å². The minimum atomic E-state index is -0.388. The van der Waals surface area contributed by atoms with Crippen LogP contribution in [0.1, 0.15) is 29.1 Å². The maximum Gasteiger partial charge on any atom is 0.251 e. The fourth-order valence-electron chi connectivity index (χ4n) is 3.14. The molecule has 2 N–H and O–H groups in total. The van der Waals surface area contributed by atoms with Gasteiger partial charge in [0.05, 0.1) is 17.5 Å². The molecule has 2 heterocycles. The van der Waals surface area contributed by atoms with Gasteiger partial charge in [0.1, 0.15) is 0 Å². The number of rotatable bonds is 8. The van der Waals surface area contributed by atoms with Gasteiger partial charge in [-0.2, -0.15) is 0 Å². The summed E-state index contributed by atoms with van der Waals surface area (Å²) in [6.07, 6.45) is 0. The number of halogens is 2. The van der Waals surface area contributed by atoms with Gasteiger partial charge in [-0.25, -0.2) is 4.98 Å². The van der Waals surface area contributed by atoms with Crippen LogP contribution in [0.15, 0.2) is 59.1 Å². The van der Waals surface area contributed by atoms with Crippen LogP contribution in [0, 0.1) is 0 Å². The molecule has 12 heteroatoms. The van der Waals surface area contributed by atoms with Gasteiger partial charge in [0.15, 0.2) is 16.1 Å². The summed E-state index contributed by atoms with van der Waals surface area (Å²) >= 11 is 14.4. The average molecular weight is 547 g/mol. The third-order valence-corrected chi connectivity index (χ3v) is 7.21. The highest BCUT2D eigenvalue weighted by Gasteiger charge is 2.19. The molecule has 0 radical (unpaired) electrons. The Morgan fingerprint density at radius 2 is 1.71 bits per heavy atom. The number of aromatic nitrogens is 4. The lowest BCUT2D eigenvalue weighted by Gasteiger charge is -2.13. The monoisotopic (exact) mass is 546 g/mol. The van der Waals surface area contributed by atoms with E-state index in [0.717, 1.165) is 11.3 Å². The molecule has 35 heavy (non-hydrogen) atoms. The van der Waals surface area contributed by atoms with Crippen molar-refractivity contribution in [2.24, 2.45) is 7.05 Å². The molecular weight excluding hydrogens is 527 g/mol. The van der Waals surface area contributed by atoms with E-state index in [4.69, 9.17) is 23.2 Å². The van der Waals surface area contributed by atoms with E-state index >= 15 is 0 Å². The Balaban J connectivity index is 1.31. The number of nitrogens with zero attached hydrogens (tertiary/aromatic N) is 4. The summed E-state index contributed by atoms with van der Waals surface area (Å²) < 4.78 is 1.76. The zero-order chi connectivity index (χ0) is 24.9. The van der Waals surface area contributed by atoms with Gasteiger partial charge in [-0.15, -0.1) is 21.5 Å². The van der Waals surface area contributed by atoms with Crippen molar-refractivity contribution in [3.63, 3.8) is 0 Å². The maximum absolute atomic E-state index is 12.5. The van der Waals surface area contributed by atoms with E-state index in [9.17, 15) is 9.59 Å². The Labute approximate surface area is 220 Å². The number of nitrogens with one attached hydrogen (secondary N) is 2. The molecule has 0 spiro atoms. The molecule has 0 saturated carbocycles. The van der Waals surface area contributed by atoms with Gasteiger partial charge in [-0.1, -0.05) is 47.1 Å². The number of anilines is 1. The van der Waals surface area contributed by atoms with Gasteiger partial charge in [0, 0.05) is 33.6 Å². The Morgan fingerprint density at radius 3 is 2.40 bits per heavy atom. The molecule has 0 aliphatic rings. The number of thiazole rings is 1. The molecule has 4 rings (SSSR count). The number of thioether (sulfide) groups is 1. The van der Waals surface area contributed by atoms with Gasteiger partial charge in [-0.3, -0.25) is 9.59 Å². The van der Waals surface area contributed by atoms with Crippen LogP contribution >= 0.6 is 46.3 Å². The van der Waals surface area contributed by atoms with Crippen molar-refractivity contribution >= 4 is 63.2 Å². The Kier molecular flexibility index (Phi) is 8.07. The highest BCUT2D eigenvalue weighted by Crippen LogP contribution is 2.26. The lowest BCUT2D eigenvalue weighted by molar-refractivity contribution is -0.113. The molecule has 0 fully saturated rings. The Morgan fingerprint density at radius 1 is 1.06 bits per heavy atom. The lowest BCUT2D eigenvalue weighted by Crippen LogP contribution is -2.28. The van der Waals surface area contributed by atoms with Crippen LogP contribution in [-0.2, 0) is 11.8 Å². The van der Waals surface area contributed by atoms with E-state index in [0.29, 0.717) is 31.7 Å². The minimum absolute atomic E-state index is 0.132. The second kappa shape index (κ2) is 11.2. The lowest BCUT2D eigenvalue weighted by atomic mass is 10.2. The Bertz CT molecular complexity index is 1340. The third-order valence-electron chi connectivity index (χ3n) is 4.93. The second-order valence-electron chi connectivity index (χ2n) is 7.48. The predicted molar refractivity (Wildman–Crippen MR) is 140 cm³/mol. The van der Waals surface area contributed by atoms with Gasteiger partial charge < -0.3 is 15.2 Å². The number of carbonyl (C=O) groups excluding carboxylic acids is 2. The number of hydrogen-bond acceptors (Lipinski definition) is 7. The summed E-state index contributed by atoms with van der Waals surface area (Å²) in [4.78, 5) is 29.4. The molecule has 0 aliphatic carbocycles. The van der Waals surface area contributed by atoms with E-state index in [1.165, 1.54) is 23.1 Å². The fraction of sp³-hybridized carbons (Fsp3) is 0.174. The first-order valence-electron chi connectivity index (χ1n) is 10.4. The van der Waals surface area contributed by atoms with Crippen molar-refractivity contribution in [3.8, 4) is 11.3 Å². The van der Waals surface area contributed by atoms with E-state index in [2.05, 4.69) is 25.8 Å². The van der Waals surface area contributed by atoms with Crippen molar-refractivity contribution in [2.45, 2.75) is 18.1 Å². The molecule has 8 nitrogen and oxygen atoms in total. The SMILES string of the molecule is C[C@@H](NC(=O)c1ccc(Cl)cc1)c1nnc(SCC(=O)Nc2nc(-c3ccc(Cl)cc3)cs2)n1C. The summed E-state index contributed by atoms with van der Waals surface area (Å²) in [6, 6.07) is 13.6. The molecule has 0 saturated heterocycles. The standard InChI is InChI=1S/C23H20Cl2N6O2S2/c1-13(26-21(33)15-5-9-17(25)10-6-15)20-29-30-23(31(20)2)35-12-19(32)28-22-27-18(11-34-22)14-3-7-16(24)8-4-14/h3-11,13H,12H2,1-2H3,(H,26,33)(H,27,28,32)/t13-/m1/s1. The van der Waals surface area contributed by atoms with Crippen LogP contribution in [-0.4, -0.2) is 37.3 Å². The molecule has 4 aromatic rings. The van der Waals surface area contributed by atoms with Crippen LogP contribution in [0.25, 0.3) is 11.3 Å². The summed E-state index contributed by atoms with van der Waals surface area (Å²) in [7, 11) is 1.79. The number of hydrogen-bond donors (Lipinski definition) is 2. The summed E-state index contributed by atoms with van der Waals surface area (Å²) in [5, 5.41) is 18.2. The van der Waals surface area contributed by atoms with Crippen LogP contribution in [0.2, 0.25) is 10.0 Å². The molecule has 1 atom stereocenters. The van der Waals surface area contributed by atoms with Gasteiger partial charge in [0.25, 0.3) is 5.91 Å². The first-order valence-corrected chi connectivity index (χ1v) is 13.0. The summed E-state index contributed by atoms with van der Waals surface area (Å²) in [5.41, 5.74) is 2.18. The van der Waals surface area contributed by atoms with Crippen molar-refractivity contribution in [2.75, 3.05) is 11.1 Å². The minimum Gasteiger partial charge on any atom is -0.342 e. The van der Waals surface area contributed by atoms with E-state index in [1.54, 1.807) is 48.0 Å². The number of benzene rings is 2. The highest BCUT2D eigenvalue weighted by atomic mass is 35.5. The van der Waals surface area contributed by atoms with Gasteiger partial charge >= 0.3 is 0 Å². The van der Waals surface area contributed by atoms with Crippen molar-refractivity contribution in [1.29, 1.82) is 0 Å². The first-order chi connectivity index (χ1) is 16.8. The quantitative estimate of drug-likeness (QED) is 0.284.